The summed E-state index contributed by atoms with van der Waals surface area (Å²) in [5, 5.41) is 19.4. The molecular formula is C26H31N3O3. The zero-order valence-electron chi connectivity index (χ0n) is 18.9. The van der Waals surface area contributed by atoms with E-state index in [1.165, 1.54) is 0 Å². The van der Waals surface area contributed by atoms with E-state index in [4.69, 9.17) is 10.00 Å². The van der Waals surface area contributed by atoms with Gasteiger partial charge in [0.25, 0.3) is 0 Å². The van der Waals surface area contributed by atoms with Crippen LogP contribution in [0.3, 0.4) is 0 Å². The van der Waals surface area contributed by atoms with E-state index in [-0.39, 0.29) is 23.3 Å². The lowest BCUT2D eigenvalue weighted by Crippen LogP contribution is -2.40. The summed E-state index contributed by atoms with van der Waals surface area (Å²) in [7, 11) is 0. The fourth-order valence-electron chi connectivity index (χ4n) is 5.77. The Hall–Kier alpha value is -2.46. The Morgan fingerprint density at radius 2 is 2.03 bits per heavy atom. The van der Waals surface area contributed by atoms with E-state index in [2.05, 4.69) is 28.5 Å². The van der Waals surface area contributed by atoms with Gasteiger partial charge >= 0.3 is 0 Å². The van der Waals surface area contributed by atoms with Gasteiger partial charge in [0.1, 0.15) is 0 Å². The number of aliphatic hydroxyl groups excluding tert-OH is 1. The van der Waals surface area contributed by atoms with Gasteiger partial charge in [0.05, 0.1) is 37.5 Å². The summed E-state index contributed by atoms with van der Waals surface area (Å²) in [6.45, 7) is 6.20. The lowest BCUT2D eigenvalue weighted by molar-refractivity contribution is -0.105. The first kappa shape index (κ1) is 21.4. The van der Waals surface area contributed by atoms with Gasteiger partial charge in [0.15, 0.2) is 5.78 Å². The minimum Gasteiger partial charge on any atom is -0.391 e. The molecule has 1 aromatic heterocycles. The molecule has 4 heterocycles. The van der Waals surface area contributed by atoms with E-state index in [1.54, 1.807) is 0 Å². The third kappa shape index (κ3) is 3.69. The van der Waals surface area contributed by atoms with Crippen molar-refractivity contribution in [3.05, 3.63) is 52.8 Å². The molecular weight excluding hydrogens is 402 g/mol. The Kier molecular flexibility index (Phi) is 5.45. The molecule has 2 bridgehead atoms. The number of rotatable bonds is 7. The normalized spacial score (nSPS) is 26.1. The van der Waals surface area contributed by atoms with Gasteiger partial charge in [-0.2, -0.15) is 5.26 Å². The molecule has 0 aliphatic carbocycles. The van der Waals surface area contributed by atoms with E-state index in [1.807, 2.05) is 31.2 Å². The molecule has 0 spiro atoms. The number of fused-ring (bicyclic) bond motifs is 2. The number of hydrogen-bond acceptors (Lipinski definition) is 5. The topological polar surface area (TPSA) is 78.5 Å². The summed E-state index contributed by atoms with van der Waals surface area (Å²) in [4.78, 5) is 15.6. The van der Waals surface area contributed by atoms with E-state index < -0.39 is 0 Å². The lowest BCUT2D eigenvalue weighted by Gasteiger charge is -2.38. The van der Waals surface area contributed by atoms with E-state index in [0.717, 1.165) is 68.0 Å². The molecule has 3 aliphatic rings. The number of hydrogen-bond donors (Lipinski definition) is 1. The highest BCUT2D eigenvalue weighted by atomic mass is 16.5. The molecule has 0 radical (unpaired) electrons. The maximum atomic E-state index is 13.4. The monoisotopic (exact) mass is 433 g/mol. The minimum atomic E-state index is -0.299. The van der Waals surface area contributed by atoms with Gasteiger partial charge in [0.2, 0.25) is 0 Å². The first-order chi connectivity index (χ1) is 15.4. The van der Waals surface area contributed by atoms with Crippen LogP contribution in [-0.2, 0) is 11.2 Å². The molecule has 0 saturated carbocycles. The van der Waals surface area contributed by atoms with E-state index >= 15 is 0 Å². The standard InChI is InChI=1S/C26H31N3O3/c1-17-22(25(31)14-28-20-7-8-23(28)24(30)12-20)11-21(9-10-26(2)15-32-16-26)29(17)19-5-3-18(13-27)4-6-19/h3-6,11,20,23-24,30H,7-10,12,14-16H2,1-2H3/t20-,23+,24+/m0/s1. The van der Waals surface area contributed by atoms with Crippen molar-refractivity contribution < 1.29 is 14.6 Å². The van der Waals surface area contributed by atoms with Crippen LogP contribution in [0.25, 0.3) is 5.69 Å². The number of aryl methyl sites for hydroxylation is 1. The van der Waals surface area contributed by atoms with Crippen molar-refractivity contribution in [3.8, 4) is 11.8 Å². The average Bonchev–Trinajstić information content (AvgIpc) is 3.40. The van der Waals surface area contributed by atoms with Gasteiger partial charge < -0.3 is 14.4 Å². The van der Waals surface area contributed by atoms with Crippen LogP contribution in [-0.4, -0.2) is 58.3 Å². The average molecular weight is 434 g/mol. The second-order valence-electron chi connectivity index (χ2n) is 10.1. The van der Waals surface area contributed by atoms with Gasteiger partial charge in [-0.3, -0.25) is 9.69 Å². The van der Waals surface area contributed by atoms with Crippen molar-refractivity contribution in [1.29, 1.82) is 5.26 Å². The SMILES string of the molecule is Cc1c(C(=O)CN2[C@H]3CC[C@@H]2[C@H](O)C3)cc(CCC2(C)COC2)n1-c1ccc(C#N)cc1. The minimum absolute atomic E-state index is 0.125. The molecule has 0 unspecified atom stereocenters. The fraction of sp³-hybridized carbons (Fsp3) is 0.538. The molecule has 3 atom stereocenters. The second kappa shape index (κ2) is 8.15. The number of ketones is 1. The maximum absolute atomic E-state index is 13.4. The van der Waals surface area contributed by atoms with Gasteiger partial charge in [-0.1, -0.05) is 6.92 Å². The number of nitriles is 1. The molecule has 0 amide bonds. The highest BCUT2D eigenvalue weighted by Crippen LogP contribution is 2.38. The summed E-state index contributed by atoms with van der Waals surface area (Å²) in [6.07, 6.45) is 4.41. The number of ether oxygens (including phenoxy) is 1. The number of nitrogens with zero attached hydrogens (tertiary/aromatic N) is 3. The number of benzene rings is 1. The number of carbonyl (C=O) groups excluding carboxylic acids is 1. The molecule has 2 aromatic rings. The van der Waals surface area contributed by atoms with Crippen LogP contribution in [0.5, 0.6) is 0 Å². The highest BCUT2D eigenvalue weighted by Gasteiger charge is 2.46. The van der Waals surface area contributed by atoms with Gasteiger partial charge in [-0.05, 0) is 69.4 Å². The molecule has 6 nitrogen and oxygen atoms in total. The summed E-state index contributed by atoms with van der Waals surface area (Å²) < 4.78 is 7.60. The maximum Gasteiger partial charge on any atom is 0.178 e. The molecule has 3 saturated heterocycles. The van der Waals surface area contributed by atoms with Crippen molar-refractivity contribution in [2.24, 2.45) is 5.41 Å². The van der Waals surface area contributed by atoms with Gasteiger partial charge in [0, 0.05) is 40.1 Å². The van der Waals surface area contributed by atoms with Crippen molar-refractivity contribution >= 4 is 5.78 Å². The van der Waals surface area contributed by atoms with Crippen LogP contribution in [0.1, 0.15) is 59.9 Å². The quantitative estimate of drug-likeness (QED) is 0.677. The van der Waals surface area contributed by atoms with Crippen LogP contribution in [0.15, 0.2) is 30.3 Å². The van der Waals surface area contributed by atoms with Crippen molar-refractivity contribution in [3.63, 3.8) is 0 Å². The Labute approximate surface area is 189 Å². The summed E-state index contributed by atoms with van der Waals surface area (Å²) in [5.74, 6) is 0.125. The van der Waals surface area contributed by atoms with Crippen LogP contribution in [0.4, 0.5) is 0 Å². The van der Waals surface area contributed by atoms with E-state index in [9.17, 15) is 9.90 Å². The summed E-state index contributed by atoms with van der Waals surface area (Å²) in [5.41, 5.74) is 4.62. The lowest BCUT2D eigenvalue weighted by atomic mass is 9.83. The summed E-state index contributed by atoms with van der Waals surface area (Å²) in [6, 6.07) is 12.2. The molecule has 1 N–H and O–H groups in total. The first-order valence-corrected chi connectivity index (χ1v) is 11.6. The Morgan fingerprint density at radius 1 is 1.28 bits per heavy atom. The Bertz CT molecular complexity index is 1060. The Balaban J connectivity index is 1.44. The van der Waals surface area contributed by atoms with Gasteiger partial charge in [-0.15, -0.1) is 0 Å². The molecule has 168 valence electrons. The predicted molar refractivity (Wildman–Crippen MR) is 121 cm³/mol. The zero-order chi connectivity index (χ0) is 22.5. The Morgan fingerprint density at radius 3 is 2.59 bits per heavy atom. The second-order valence-corrected chi connectivity index (χ2v) is 10.1. The van der Waals surface area contributed by atoms with Crippen LogP contribution >= 0.6 is 0 Å². The van der Waals surface area contributed by atoms with Crippen LogP contribution < -0.4 is 0 Å². The molecule has 3 aliphatic heterocycles. The molecule has 1 aromatic carbocycles. The predicted octanol–water partition coefficient (Wildman–Crippen LogP) is 3.41. The number of aliphatic hydroxyl groups is 1. The number of carbonyl (C=O) groups is 1. The number of Topliss-reactive ketones (excluding diaryl/α,β-unsaturated/α-hetero) is 1. The highest BCUT2D eigenvalue weighted by molar-refractivity contribution is 5.99. The largest absolute Gasteiger partial charge is 0.391 e. The molecule has 3 fully saturated rings. The molecule has 32 heavy (non-hydrogen) atoms. The smallest absolute Gasteiger partial charge is 0.178 e. The zero-order valence-corrected chi connectivity index (χ0v) is 18.9. The first-order valence-electron chi connectivity index (χ1n) is 11.6. The molecule has 5 rings (SSSR count). The van der Waals surface area contributed by atoms with Gasteiger partial charge in [-0.25, -0.2) is 0 Å². The van der Waals surface area contributed by atoms with Crippen molar-refractivity contribution in [2.45, 2.75) is 64.1 Å². The van der Waals surface area contributed by atoms with Crippen LogP contribution in [0, 0.1) is 23.7 Å². The van der Waals surface area contributed by atoms with Crippen molar-refractivity contribution in [1.82, 2.24) is 9.47 Å². The summed E-state index contributed by atoms with van der Waals surface area (Å²) >= 11 is 0. The third-order valence-electron chi connectivity index (χ3n) is 7.74. The van der Waals surface area contributed by atoms with E-state index in [0.29, 0.717) is 18.2 Å². The molecule has 6 heteroatoms. The van der Waals surface area contributed by atoms with Crippen LogP contribution in [0.2, 0.25) is 0 Å². The third-order valence-corrected chi connectivity index (χ3v) is 7.74. The fourth-order valence-corrected chi connectivity index (χ4v) is 5.77. The number of aromatic nitrogens is 1. The van der Waals surface area contributed by atoms with Crippen molar-refractivity contribution in [2.75, 3.05) is 19.8 Å².